The van der Waals surface area contributed by atoms with Gasteiger partial charge in [0.25, 0.3) is 0 Å². The lowest BCUT2D eigenvalue weighted by atomic mass is 10.1. The Bertz CT molecular complexity index is 249. The monoisotopic (exact) mass is 284 g/mol. The van der Waals surface area contributed by atoms with Crippen molar-refractivity contribution < 1.29 is 14.3 Å². The van der Waals surface area contributed by atoms with Crippen molar-refractivity contribution in [3.63, 3.8) is 0 Å². The zero-order valence-electron chi connectivity index (χ0n) is 13.5. The van der Waals surface area contributed by atoms with Gasteiger partial charge in [0.15, 0.2) is 0 Å². The van der Waals surface area contributed by atoms with Crippen molar-refractivity contribution in [3.05, 3.63) is 12.2 Å². The van der Waals surface area contributed by atoms with Gasteiger partial charge in [0.1, 0.15) is 0 Å². The molecule has 0 rings (SSSR count). The molecule has 0 unspecified atom stereocenters. The predicted octanol–water partition coefficient (Wildman–Crippen LogP) is 4.65. The summed E-state index contributed by atoms with van der Waals surface area (Å²) in [6, 6.07) is 0. The maximum Gasteiger partial charge on any atom is 0.306 e. The van der Waals surface area contributed by atoms with E-state index < -0.39 is 0 Å². The minimum Gasteiger partial charge on any atom is -0.466 e. The second-order valence-corrected chi connectivity index (χ2v) is 5.11. The minimum atomic E-state index is -0.114. The van der Waals surface area contributed by atoms with Crippen molar-refractivity contribution in [1.29, 1.82) is 0 Å². The Labute approximate surface area is 124 Å². The summed E-state index contributed by atoms with van der Waals surface area (Å²) in [5.41, 5.74) is 0. The van der Waals surface area contributed by atoms with Crippen molar-refractivity contribution in [2.75, 3.05) is 13.7 Å². The summed E-state index contributed by atoms with van der Waals surface area (Å²) in [6.07, 6.45) is 14.3. The number of methoxy groups -OCH3 is 1. The largest absolute Gasteiger partial charge is 0.466 e. The van der Waals surface area contributed by atoms with Gasteiger partial charge in [0, 0.05) is 13.5 Å². The molecular formula is C17H32O3. The molecule has 0 fully saturated rings. The Morgan fingerprint density at radius 1 is 1.10 bits per heavy atom. The third kappa shape index (κ3) is 12.2. The Kier molecular flexibility index (Phi) is 14.0. The molecule has 0 spiro atoms. The molecule has 3 nitrogen and oxygen atoms in total. The van der Waals surface area contributed by atoms with Gasteiger partial charge >= 0.3 is 5.97 Å². The Morgan fingerprint density at radius 3 is 2.50 bits per heavy atom. The van der Waals surface area contributed by atoms with Crippen molar-refractivity contribution in [2.45, 2.75) is 77.7 Å². The van der Waals surface area contributed by atoms with Crippen LogP contribution in [0.4, 0.5) is 0 Å². The van der Waals surface area contributed by atoms with Gasteiger partial charge in [-0.2, -0.15) is 0 Å². The van der Waals surface area contributed by atoms with Crippen LogP contribution in [0.25, 0.3) is 0 Å². The normalized spacial score (nSPS) is 12.8. The van der Waals surface area contributed by atoms with Crippen LogP contribution in [0.15, 0.2) is 12.2 Å². The summed E-state index contributed by atoms with van der Waals surface area (Å²) >= 11 is 0. The van der Waals surface area contributed by atoms with Crippen LogP contribution in [-0.2, 0) is 14.3 Å². The van der Waals surface area contributed by atoms with Crippen LogP contribution in [0, 0.1) is 0 Å². The molecule has 0 aromatic rings. The van der Waals surface area contributed by atoms with Crippen molar-refractivity contribution in [3.8, 4) is 0 Å². The summed E-state index contributed by atoms with van der Waals surface area (Å²) in [5.74, 6) is -0.114. The van der Waals surface area contributed by atoms with E-state index in [4.69, 9.17) is 9.47 Å². The zero-order chi connectivity index (χ0) is 15.1. The van der Waals surface area contributed by atoms with Crippen molar-refractivity contribution in [2.24, 2.45) is 0 Å². The van der Waals surface area contributed by atoms with Crippen LogP contribution < -0.4 is 0 Å². The van der Waals surface area contributed by atoms with Crippen LogP contribution >= 0.6 is 0 Å². The molecule has 0 aliphatic carbocycles. The lowest BCUT2D eigenvalue weighted by Crippen LogP contribution is -2.09. The molecule has 118 valence electrons. The average Bonchev–Trinajstić information content (AvgIpc) is 2.44. The maximum atomic E-state index is 11.1. The van der Waals surface area contributed by atoms with E-state index in [1.165, 1.54) is 32.1 Å². The highest BCUT2D eigenvalue weighted by molar-refractivity contribution is 5.69. The second-order valence-electron chi connectivity index (χ2n) is 5.11. The predicted molar refractivity (Wildman–Crippen MR) is 83.8 cm³/mol. The smallest absolute Gasteiger partial charge is 0.306 e. The van der Waals surface area contributed by atoms with Crippen LogP contribution in [0.5, 0.6) is 0 Å². The number of esters is 1. The molecule has 0 aliphatic rings. The van der Waals surface area contributed by atoms with E-state index in [1.807, 2.05) is 6.92 Å². The van der Waals surface area contributed by atoms with Gasteiger partial charge in [-0.1, -0.05) is 51.2 Å². The number of carbonyl (C=O) groups is 1. The lowest BCUT2D eigenvalue weighted by Gasteiger charge is -2.12. The van der Waals surface area contributed by atoms with E-state index in [2.05, 4.69) is 19.1 Å². The molecule has 0 amide bonds. The molecular weight excluding hydrogens is 252 g/mol. The quantitative estimate of drug-likeness (QED) is 0.280. The fraction of sp³-hybridized carbons (Fsp3) is 0.824. The molecule has 0 heterocycles. The number of hydrogen-bond donors (Lipinski definition) is 0. The van der Waals surface area contributed by atoms with E-state index in [1.54, 1.807) is 7.11 Å². The maximum absolute atomic E-state index is 11.1. The van der Waals surface area contributed by atoms with E-state index in [9.17, 15) is 4.79 Å². The Hall–Kier alpha value is -0.830. The third-order valence-corrected chi connectivity index (χ3v) is 3.35. The first-order valence-corrected chi connectivity index (χ1v) is 8.07. The number of unbranched alkanes of at least 4 members (excludes halogenated alkanes) is 4. The summed E-state index contributed by atoms with van der Waals surface area (Å²) in [5, 5.41) is 0. The van der Waals surface area contributed by atoms with Crippen LogP contribution in [-0.4, -0.2) is 25.8 Å². The van der Waals surface area contributed by atoms with E-state index in [-0.39, 0.29) is 5.97 Å². The topological polar surface area (TPSA) is 35.5 Å². The first-order valence-electron chi connectivity index (χ1n) is 8.07. The SMILES string of the molecule is CCCCCCC[C@@H](C/C=C/CCC(=O)OCC)OC. The highest BCUT2D eigenvalue weighted by atomic mass is 16.5. The molecule has 0 saturated carbocycles. The van der Waals surface area contributed by atoms with Gasteiger partial charge in [0.05, 0.1) is 12.7 Å². The summed E-state index contributed by atoms with van der Waals surface area (Å²) in [4.78, 5) is 11.1. The molecule has 20 heavy (non-hydrogen) atoms. The number of ether oxygens (including phenoxy) is 2. The Morgan fingerprint density at radius 2 is 1.85 bits per heavy atom. The van der Waals surface area contributed by atoms with Crippen molar-refractivity contribution >= 4 is 5.97 Å². The molecule has 0 N–H and O–H groups in total. The van der Waals surface area contributed by atoms with Gasteiger partial charge in [-0.25, -0.2) is 0 Å². The molecule has 0 saturated heterocycles. The zero-order valence-corrected chi connectivity index (χ0v) is 13.5. The van der Waals surface area contributed by atoms with Crippen LogP contribution in [0.2, 0.25) is 0 Å². The first kappa shape index (κ1) is 19.2. The van der Waals surface area contributed by atoms with Gasteiger partial charge in [-0.15, -0.1) is 0 Å². The summed E-state index contributed by atoms with van der Waals surface area (Å²) < 4.78 is 10.4. The fourth-order valence-corrected chi connectivity index (χ4v) is 2.11. The third-order valence-electron chi connectivity index (χ3n) is 3.35. The van der Waals surface area contributed by atoms with E-state index >= 15 is 0 Å². The highest BCUT2D eigenvalue weighted by Crippen LogP contribution is 2.12. The molecule has 0 aromatic carbocycles. The molecule has 3 heteroatoms. The highest BCUT2D eigenvalue weighted by Gasteiger charge is 2.04. The standard InChI is InChI=1S/C17H32O3/c1-4-6-7-8-10-13-16(19-3)14-11-9-12-15-17(18)20-5-2/h9,11,16H,4-8,10,12-15H2,1-3H3/b11-9+/t16-/m0/s1. The number of rotatable bonds is 13. The summed E-state index contributed by atoms with van der Waals surface area (Å²) in [6.45, 7) is 4.53. The van der Waals surface area contributed by atoms with Gasteiger partial charge in [-0.05, 0) is 26.2 Å². The molecule has 0 bridgehead atoms. The second kappa shape index (κ2) is 14.6. The van der Waals surface area contributed by atoms with Crippen LogP contribution in [0.1, 0.15) is 71.6 Å². The number of hydrogen-bond acceptors (Lipinski definition) is 3. The lowest BCUT2D eigenvalue weighted by molar-refractivity contribution is -0.142. The summed E-state index contributed by atoms with van der Waals surface area (Å²) in [7, 11) is 1.78. The van der Waals surface area contributed by atoms with Gasteiger partial charge < -0.3 is 9.47 Å². The molecule has 0 radical (unpaired) electrons. The van der Waals surface area contributed by atoms with E-state index in [0.29, 0.717) is 19.1 Å². The average molecular weight is 284 g/mol. The number of carbonyl (C=O) groups excluding carboxylic acids is 1. The number of allylic oxidation sites excluding steroid dienone is 1. The van der Waals surface area contributed by atoms with Crippen molar-refractivity contribution in [1.82, 2.24) is 0 Å². The van der Waals surface area contributed by atoms with E-state index in [0.717, 1.165) is 19.3 Å². The van der Waals surface area contributed by atoms with Gasteiger partial charge in [-0.3, -0.25) is 4.79 Å². The molecule has 1 atom stereocenters. The molecule has 0 aromatic heterocycles. The Balaban J connectivity index is 3.59. The first-order chi connectivity index (χ1) is 9.74. The minimum absolute atomic E-state index is 0.114. The molecule has 0 aliphatic heterocycles. The fourth-order valence-electron chi connectivity index (χ4n) is 2.11. The van der Waals surface area contributed by atoms with Gasteiger partial charge in [0.2, 0.25) is 0 Å². The van der Waals surface area contributed by atoms with Crippen LogP contribution in [0.3, 0.4) is 0 Å².